The summed E-state index contributed by atoms with van der Waals surface area (Å²) in [6.07, 6.45) is 11.3. The van der Waals surface area contributed by atoms with Gasteiger partial charge in [0.1, 0.15) is 16.1 Å². The highest BCUT2D eigenvalue weighted by Crippen LogP contribution is 2.41. The number of halogens is 12. The maximum atomic E-state index is 11.3. The lowest BCUT2D eigenvalue weighted by Crippen LogP contribution is -2.16. The lowest BCUT2D eigenvalue weighted by molar-refractivity contribution is -0.384. The molecule has 0 aliphatic rings. The van der Waals surface area contributed by atoms with Gasteiger partial charge in [-0.2, -0.15) is 0 Å². The minimum Gasteiger partial charge on any atom is -0.398 e. The van der Waals surface area contributed by atoms with Gasteiger partial charge in [-0.3, -0.25) is 20.2 Å². The molecule has 22 heteroatoms. The van der Waals surface area contributed by atoms with Crippen LogP contribution in [0, 0.1) is 75.0 Å². The Morgan fingerprint density at radius 2 is 0.444 bits per heavy atom. The maximum Gasteiger partial charge on any atom is 0.278 e. The van der Waals surface area contributed by atoms with E-state index in [9.17, 15) is 20.2 Å². The third kappa shape index (κ3) is 27.4. The summed E-state index contributed by atoms with van der Waals surface area (Å²) in [5, 5.41) is 22.6. The van der Waals surface area contributed by atoms with Crippen molar-refractivity contribution in [3.63, 3.8) is 0 Å². The predicted octanol–water partition coefficient (Wildman–Crippen LogP) is 35.3. The largest absolute Gasteiger partial charge is 0.398 e. The van der Waals surface area contributed by atoms with Crippen LogP contribution in [0.1, 0.15) is 22.3 Å². The second-order valence-electron chi connectivity index (χ2n) is 30.5. The third-order valence-corrected chi connectivity index (χ3v) is 27.6. The predicted molar refractivity (Wildman–Crippen MR) is 587 cm³/mol. The van der Waals surface area contributed by atoms with Gasteiger partial charge in [-0.15, -0.1) is 23.9 Å². The summed E-state index contributed by atoms with van der Waals surface area (Å²) in [4.78, 5) is 21.7. The molecule has 626 valence electrons. The lowest BCUT2D eigenvalue weighted by Gasteiger charge is -2.11. The first kappa shape index (κ1) is 98.2. The molecule has 0 bridgehead atoms. The van der Waals surface area contributed by atoms with Crippen LogP contribution in [0.4, 0.5) is 22.7 Å². The van der Waals surface area contributed by atoms with E-state index in [0.29, 0.717) is 31.2 Å². The van der Waals surface area contributed by atoms with E-state index in [-0.39, 0.29) is 11.4 Å². The highest BCUT2D eigenvalue weighted by atomic mass is 127. The summed E-state index contributed by atoms with van der Waals surface area (Å²) in [6.45, 7) is 13.6. The zero-order valence-electron chi connectivity index (χ0n) is 68.2. The number of nitro benzene ring substituents is 2. The summed E-state index contributed by atoms with van der Waals surface area (Å²) in [6, 6.07) is 99.9. The molecule has 8 nitrogen and oxygen atoms in total. The Balaban J connectivity index is 0.000000154. The van der Waals surface area contributed by atoms with Crippen LogP contribution in [0.5, 0.6) is 0 Å². The summed E-state index contributed by atoms with van der Waals surface area (Å²) in [5.41, 5.74) is 45.0. The zero-order valence-corrected chi connectivity index (χ0v) is 90.4. The van der Waals surface area contributed by atoms with E-state index in [1.807, 2.05) is 72.8 Å². The van der Waals surface area contributed by atoms with Crippen LogP contribution < -0.4 is 11.5 Å². The molecule has 0 saturated carbocycles. The molecule has 126 heavy (non-hydrogen) atoms. The maximum absolute atomic E-state index is 11.3. The number of nitrogen functional groups attached to an aromatic ring is 2. The molecular formula is C104H74Br10I2N4O4Si2. The van der Waals surface area contributed by atoms with Crippen molar-refractivity contribution < 1.29 is 9.85 Å². The number of nitro groups is 2. The Kier molecular flexibility index (Phi) is 35.3. The van der Waals surface area contributed by atoms with Crippen molar-refractivity contribution in [3.8, 4) is 159 Å². The molecule has 0 amide bonds. The molecule has 0 radical (unpaired) electrons. The molecule has 0 saturated heterocycles. The molecule has 0 heterocycles. The molecule has 0 aliphatic carbocycles. The molecule has 4 N–H and O–H groups in total. The fraction of sp³-hybridized carbons (Fsp3) is 0.0577. The van der Waals surface area contributed by atoms with Crippen LogP contribution in [0.25, 0.3) is 111 Å². The quantitative estimate of drug-likeness (QED) is 0.0312. The normalized spacial score (nSPS) is 10.7. The summed E-state index contributed by atoms with van der Waals surface area (Å²) >= 11 is 39.2. The molecule has 0 aliphatic heterocycles. The minimum atomic E-state index is -1.46. The molecule has 0 fully saturated rings. The molecule has 15 rings (SSSR count). The topological polar surface area (TPSA) is 138 Å². The van der Waals surface area contributed by atoms with E-state index >= 15 is 0 Å². The minimum absolute atomic E-state index is 0.0123. The Bertz CT molecular complexity index is 6280. The van der Waals surface area contributed by atoms with Crippen LogP contribution in [0.2, 0.25) is 39.3 Å². The lowest BCUT2D eigenvalue weighted by atomic mass is 9.95. The average Bonchev–Trinajstić information content (AvgIpc) is 0.808. The molecule has 0 atom stereocenters. The number of hydrogen-bond donors (Lipinski definition) is 2. The number of terminal acetylenes is 2. The van der Waals surface area contributed by atoms with Gasteiger partial charge in [0, 0.05) is 109 Å². The molecule has 15 aromatic rings. The first-order valence-corrected chi connectivity index (χ1v) is 55.7. The second kappa shape index (κ2) is 45.3. The van der Waals surface area contributed by atoms with E-state index in [0.717, 1.165) is 114 Å². The van der Waals surface area contributed by atoms with Crippen LogP contribution in [-0.2, 0) is 0 Å². The number of benzene rings is 15. The van der Waals surface area contributed by atoms with Crippen molar-refractivity contribution in [1.82, 2.24) is 0 Å². The SMILES string of the molecule is Brc1ccc(-c2ccc(-c3ccc(Br)cc3I)cc2)c(I)c1.C#Cc1cc(Br)ccc1-c1ccc(-c2ccc(Br)cc2C#C)cc1.C[Si](C)(C)C#Cc1cc(Br)ccc1-c1ccc(-c2ccc(Br)cc2C#C[Si](C)(C)C)cc1.Nc1cc(Br)ccc1-c1ccc(-c2ccc(Br)cc2N)cc1.O=[N+]([O-])c1cc(Br)ccc1-c1ccc(-c2ccc(Br)cc2[N+](=O)[O-])cc1. The fourth-order valence-corrected chi connectivity index (χ4v) is 20.2. The second-order valence-corrected chi connectivity index (χ2v) is 51.5. The van der Waals surface area contributed by atoms with Gasteiger partial charge in [0.2, 0.25) is 0 Å². The van der Waals surface area contributed by atoms with Crippen molar-refractivity contribution in [3.05, 3.63) is 398 Å². The van der Waals surface area contributed by atoms with E-state index in [1.165, 1.54) is 63.8 Å². The van der Waals surface area contributed by atoms with E-state index in [1.54, 1.807) is 48.5 Å². The third-order valence-electron chi connectivity index (χ3n) is 19.1. The smallest absolute Gasteiger partial charge is 0.278 e. The van der Waals surface area contributed by atoms with E-state index in [2.05, 4.69) is 448 Å². The average molecular weight is 2550 g/mol. The fourth-order valence-electron chi connectivity index (χ4n) is 13.0. The molecular weight excluding hydrogens is 2480 g/mol. The molecule has 15 aromatic carbocycles. The van der Waals surface area contributed by atoms with Crippen molar-refractivity contribution >= 4 is 243 Å². The molecule has 0 unspecified atom stereocenters. The number of hydrogen-bond acceptors (Lipinski definition) is 6. The summed E-state index contributed by atoms with van der Waals surface area (Å²) < 4.78 is 12.0. The van der Waals surface area contributed by atoms with Gasteiger partial charge in [-0.05, 0) is 256 Å². The molecule has 0 aromatic heterocycles. The van der Waals surface area contributed by atoms with Crippen LogP contribution in [0.3, 0.4) is 0 Å². The summed E-state index contributed by atoms with van der Waals surface area (Å²) in [7, 11) is -2.91. The standard InChI is InChI=1S/C28H28Br2Si2.C22H12Br2.C18H10Br2I2.C18H10Br2N2O4.C18H14Br2N2/c1-31(2,3)17-15-23-19-25(29)11-13-27(23)21-7-9-22(10-8-21)28-14-12-26(30)20-24(28)16-18-32(4,5)6;1-3-15-13-19(23)9-11-21(15)17-5-7-18(8-6-17)22-12-10-20(24)14-16(22)4-2;19-13-5-7-15(17(21)9-13)11-1-2-12(4-3-11)16-8-6-14(20)10-18(16)22;19-13-5-7-15(17(9-13)21(23)24)11-1-2-12(4-3-11)16-8-6-14(20)10-18(16)22(25)26;19-13-5-7-15(17(21)9-13)11-1-2-12(4-3-11)16-8-6-14(20)10-18(16)22/h7-14,19-20H,1-6H3;1-2,5-14H;1-10H;1-10H;1-10H,21-22H2. The first-order valence-electron chi connectivity index (χ1n) is 38.6. The van der Waals surface area contributed by atoms with Gasteiger partial charge in [-0.25, -0.2) is 0 Å². The van der Waals surface area contributed by atoms with Crippen LogP contribution >= 0.6 is 204 Å². The van der Waals surface area contributed by atoms with Gasteiger partial charge < -0.3 is 11.5 Å². The van der Waals surface area contributed by atoms with E-state index < -0.39 is 26.0 Å². The van der Waals surface area contributed by atoms with Crippen LogP contribution in [0.15, 0.2) is 348 Å². The van der Waals surface area contributed by atoms with Crippen molar-refractivity contribution in [1.29, 1.82) is 0 Å². The highest BCUT2D eigenvalue weighted by Gasteiger charge is 2.21. The number of nitrogens with zero attached hydrogens (tertiary/aromatic N) is 2. The van der Waals surface area contributed by atoms with Crippen LogP contribution in [-0.4, -0.2) is 26.0 Å². The van der Waals surface area contributed by atoms with Gasteiger partial charge in [0.05, 0.1) is 21.0 Å². The van der Waals surface area contributed by atoms with Gasteiger partial charge >= 0.3 is 0 Å². The van der Waals surface area contributed by atoms with Gasteiger partial charge in [0.25, 0.3) is 11.4 Å². The van der Waals surface area contributed by atoms with Gasteiger partial charge in [0.15, 0.2) is 0 Å². The number of anilines is 2. The first-order chi connectivity index (χ1) is 60.0. The monoisotopic (exact) mass is 2540 g/mol. The Morgan fingerprint density at radius 3 is 0.675 bits per heavy atom. The molecule has 0 spiro atoms. The van der Waals surface area contributed by atoms with Crippen molar-refractivity contribution in [2.75, 3.05) is 11.5 Å². The Hall–Kier alpha value is -8.37. The van der Waals surface area contributed by atoms with Crippen molar-refractivity contribution in [2.45, 2.75) is 39.3 Å². The van der Waals surface area contributed by atoms with E-state index in [4.69, 9.17) is 24.3 Å². The zero-order chi connectivity index (χ0) is 90.8. The summed E-state index contributed by atoms with van der Waals surface area (Å²) in [5.74, 6) is 12.4. The van der Waals surface area contributed by atoms with Crippen molar-refractivity contribution in [2.24, 2.45) is 0 Å². The number of nitrogens with two attached hydrogens (primary N) is 2. The number of rotatable bonds is 12. The van der Waals surface area contributed by atoms with Gasteiger partial charge in [-0.1, -0.05) is 392 Å². The highest BCUT2D eigenvalue weighted by molar-refractivity contribution is 14.1. The Morgan fingerprint density at radius 1 is 0.262 bits per heavy atom. The Labute approximate surface area is 849 Å².